The summed E-state index contributed by atoms with van der Waals surface area (Å²) in [5, 5.41) is 3.43. The summed E-state index contributed by atoms with van der Waals surface area (Å²) in [6.07, 6.45) is 4.60. The number of anilines is 2. The molecule has 150 valence electrons. The SMILES string of the molecule is S=C1CN2c3c(cccc3[C@@H]3CN(CCCc4cccc5c4OCC5)CC[C@@H]32)N1. The summed E-state index contributed by atoms with van der Waals surface area (Å²) < 4.78 is 5.88. The summed E-state index contributed by atoms with van der Waals surface area (Å²) in [6, 6.07) is 13.9. The standard InChI is InChI=1S/C24H27N3OS/c29-22-15-27-21-9-12-26(14-19(21)18-7-2-8-20(25-22)23(18)27)11-3-6-16-4-1-5-17-10-13-28-24(16)17/h1-2,4-5,7-8,19,21H,3,6,9-15H2,(H,25,29)/t19-,21-/m0/s1. The van der Waals surface area contributed by atoms with Gasteiger partial charge in [-0.2, -0.15) is 0 Å². The van der Waals surface area contributed by atoms with Crippen LogP contribution in [0.1, 0.15) is 35.4 Å². The summed E-state index contributed by atoms with van der Waals surface area (Å²) in [4.78, 5) is 6.21. The maximum Gasteiger partial charge on any atom is 0.125 e. The van der Waals surface area contributed by atoms with Gasteiger partial charge in [-0.3, -0.25) is 0 Å². The number of hydrogen-bond acceptors (Lipinski definition) is 4. The maximum absolute atomic E-state index is 5.88. The van der Waals surface area contributed by atoms with Crippen LogP contribution in [0.25, 0.3) is 0 Å². The molecule has 29 heavy (non-hydrogen) atoms. The number of benzene rings is 2. The predicted octanol–water partition coefficient (Wildman–Crippen LogP) is 3.99. The Balaban J connectivity index is 1.14. The van der Waals surface area contributed by atoms with Crippen molar-refractivity contribution in [2.45, 2.75) is 37.6 Å². The fourth-order valence-electron chi connectivity index (χ4n) is 5.85. The number of ether oxygens (including phenoxy) is 1. The Morgan fingerprint density at radius 2 is 2.10 bits per heavy atom. The molecular formula is C24H27N3OS. The zero-order chi connectivity index (χ0) is 19.4. The molecule has 1 N–H and O–H groups in total. The Kier molecular flexibility index (Phi) is 4.27. The summed E-state index contributed by atoms with van der Waals surface area (Å²) in [7, 11) is 0. The number of nitrogens with zero attached hydrogens (tertiary/aromatic N) is 2. The van der Waals surface area contributed by atoms with Crippen LogP contribution in [-0.4, -0.2) is 48.7 Å². The van der Waals surface area contributed by atoms with Crippen molar-refractivity contribution < 1.29 is 4.74 Å². The van der Waals surface area contributed by atoms with Crippen LogP contribution >= 0.6 is 12.2 Å². The maximum atomic E-state index is 5.88. The van der Waals surface area contributed by atoms with Crippen LogP contribution in [-0.2, 0) is 12.8 Å². The van der Waals surface area contributed by atoms with Crippen LogP contribution in [0.15, 0.2) is 36.4 Å². The van der Waals surface area contributed by atoms with Gasteiger partial charge in [-0.25, -0.2) is 0 Å². The molecule has 5 heteroatoms. The van der Waals surface area contributed by atoms with E-state index in [4.69, 9.17) is 17.0 Å². The van der Waals surface area contributed by atoms with E-state index >= 15 is 0 Å². The van der Waals surface area contributed by atoms with Gasteiger partial charge in [-0.1, -0.05) is 42.5 Å². The highest BCUT2D eigenvalue weighted by atomic mass is 32.1. The average Bonchev–Trinajstić information content (AvgIpc) is 3.33. The van der Waals surface area contributed by atoms with E-state index in [1.165, 1.54) is 59.7 Å². The minimum absolute atomic E-state index is 0.603. The number of rotatable bonds is 4. The van der Waals surface area contributed by atoms with Crippen LogP contribution in [0, 0.1) is 0 Å². The first-order valence-corrected chi connectivity index (χ1v) is 11.3. The number of fused-ring (bicyclic) bond motifs is 4. The lowest BCUT2D eigenvalue weighted by Gasteiger charge is -2.40. The summed E-state index contributed by atoms with van der Waals surface area (Å²) in [6.45, 7) is 5.23. The van der Waals surface area contributed by atoms with E-state index in [0.717, 1.165) is 37.5 Å². The van der Waals surface area contributed by atoms with E-state index < -0.39 is 0 Å². The summed E-state index contributed by atoms with van der Waals surface area (Å²) in [5.41, 5.74) is 6.91. The number of piperidine rings is 1. The van der Waals surface area contributed by atoms with E-state index in [2.05, 4.69) is 51.5 Å². The molecule has 1 saturated heterocycles. The van der Waals surface area contributed by atoms with Gasteiger partial charge < -0.3 is 19.9 Å². The predicted molar refractivity (Wildman–Crippen MR) is 122 cm³/mol. The highest BCUT2D eigenvalue weighted by molar-refractivity contribution is 7.80. The molecule has 4 nitrogen and oxygen atoms in total. The van der Waals surface area contributed by atoms with Crippen LogP contribution in [0.5, 0.6) is 5.75 Å². The van der Waals surface area contributed by atoms with Crippen molar-refractivity contribution in [1.29, 1.82) is 0 Å². The minimum Gasteiger partial charge on any atom is -0.493 e. The van der Waals surface area contributed by atoms with Gasteiger partial charge in [0.25, 0.3) is 0 Å². The molecule has 2 aromatic carbocycles. The largest absolute Gasteiger partial charge is 0.493 e. The third-order valence-electron chi connectivity index (χ3n) is 7.12. The zero-order valence-corrected chi connectivity index (χ0v) is 17.5. The van der Waals surface area contributed by atoms with Crippen molar-refractivity contribution in [3.63, 3.8) is 0 Å². The Morgan fingerprint density at radius 1 is 1.17 bits per heavy atom. The van der Waals surface area contributed by atoms with Crippen molar-refractivity contribution in [2.75, 3.05) is 43.0 Å². The molecule has 4 aliphatic rings. The van der Waals surface area contributed by atoms with Gasteiger partial charge in [0.2, 0.25) is 0 Å². The van der Waals surface area contributed by atoms with Crippen LogP contribution < -0.4 is 15.0 Å². The molecule has 2 aromatic rings. The van der Waals surface area contributed by atoms with Crippen molar-refractivity contribution in [2.24, 2.45) is 0 Å². The van der Waals surface area contributed by atoms with Gasteiger partial charge >= 0.3 is 0 Å². The second-order valence-electron chi connectivity index (χ2n) is 8.79. The van der Waals surface area contributed by atoms with Gasteiger partial charge in [0, 0.05) is 31.5 Å². The second-order valence-corrected chi connectivity index (χ2v) is 9.28. The van der Waals surface area contributed by atoms with Crippen molar-refractivity contribution in [3.05, 3.63) is 53.1 Å². The minimum atomic E-state index is 0.603. The number of hydrogen-bond donors (Lipinski definition) is 1. The van der Waals surface area contributed by atoms with Gasteiger partial charge in [0.1, 0.15) is 5.75 Å². The van der Waals surface area contributed by atoms with Gasteiger partial charge in [0.05, 0.1) is 29.5 Å². The summed E-state index contributed by atoms with van der Waals surface area (Å²) in [5.74, 6) is 1.77. The van der Waals surface area contributed by atoms with Gasteiger partial charge in [-0.05, 0) is 48.6 Å². The van der Waals surface area contributed by atoms with Crippen LogP contribution in [0.4, 0.5) is 11.4 Å². The summed E-state index contributed by atoms with van der Waals surface area (Å²) >= 11 is 5.53. The van der Waals surface area contributed by atoms with Crippen LogP contribution in [0.2, 0.25) is 0 Å². The first-order chi connectivity index (χ1) is 14.3. The lowest BCUT2D eigenvalue weighted by Crippen LogP contribution is -2.49. The van der Waals surface area contributed by atoms with E-state index in [0.29, 0.717) is 12.0 Å². The molecule has 0 unspecified atom stereocenters. The first-order valence-electron chi connectivity index (χ1n) is 10.9. The Labute approximate surface area is 177 Å². The zero-order valence-electron chi connectivity index (χ0n) is 16.7. The lowest BCUT2D eigenvalue weighted by atomic mass is 9.89. The van der Waals surface area contributed by atoms with E-state index in [1.54, 1.807) is 0 Å². The molecule has 0 bridgehead atoms. The molecule has 0 amide bonds. The van der Waals surface area contributed by atoms with Crippen LogP contribution in [0.3, 0.4) is 0 Å². The number of thiocarbonyl (C=S) groups is 1. The van der Waals surface area contributed by atoms with Gasteiger partial charge in [0.15, 0.2) is 0 Å². The first kappa shape index (κ1) is 17.7. The molecule has 4 aliphatic heterocycles. The fraction of sp³-hybridized carbons (Fsp3) is 0.458. The van der Waals surface area contributed by atoms with Crippen molar-refractivity contribution >= 4 is 28.6 Å². The monoisotopic (exact) mass is 405 g/mol. The average molecular weight is 406 g/mol. The Morgan fingerprint density at radius 3 is 3.07 bits per heavy atom. The van der Waals surface area contributed by atoms with Crippen molar-refractivity contribution in [3.8, 4) is 5.75 Å². The number of aryl methyl sites for hydroxylation is 1. The molecule has 0 radical (unpaired) electrons. The second kappa shape index (κ2) is 6.99. The molecule has 6 rings (SSSR count). The molecule has 0 saturated carbocycles. The molecule has 0 aromatic heterocycles. The highest BCUT2D eigenvalue weighted by Gasteiger charge is 2.44. The molecule has 2 atom stereocenters. The van der Waals surface area contributed by atoms with E-state index in [-0.39, 0.29) is 0 Å². The molecular weight excluding hydrogens is 378 g/mol. The molecule has 0 spiro atoms. The van der Waals surface area contributed by atoms with E-state index in [1.807, 2.05) is 0 Å². The van der Waals surface area contributed by atoms with E-state index in [9.17, 15) is 0 Å². The quantitative estimate of drug-likeness (QED) is 0.777. The molecule has 1 fully saturated rings. The van der Waals surface area contributed by atoms with Crippen molar-refractivity contribution in [1.82, 2.24) is 4.90 Å². The number of nitrogens with one attached hydrogen (secondary N) is 1. The number of para-hydroxylation sites is 2. The lowest BCUT2D eigenvalue weighted by molar-refractivity contribution is 0.192. The normalized spacial score (nSPS) is 24.6. The highest BCUT2D eigenvalue weighted by Crippen LogP contribution is 2.49. The number of likely N-dealkylation sites (tertiary alicyclic amines) is 1. The molecule has 0 aliphatic carbocycles. The fourth-order valence-corrected chi connectivity index (χ4v) is 6.10. The smallest absolute Gasteiger partial charge is 0.125 e. The molecule has 4 heterocycles. The Hall–Kier alpha value is -2.11. The topological polar surface area (TPSA) is 27.7 Å². The third kappa shape index (κ3) is 2.94. The Bertz CT molecular complexity index is 975. The third-order valence-corrected chi connectivity index (χ3v) is 7.35. The van der Waals surface area contributed by atoms with Gasteiger partial charge in [-0.15, -0.1) is 0 Å².